The van der Waals surface area contributed by atoms with E-state index in [-0.39, 0.29) is 0 Å². The Morgan fingerprint density at radius 1 is 0.706 bits per heavy atom. The lowest BCUT2D eigenvalue weighted by Crippen LogP contribution is -2.34. The Hall–Kier alpha value is -0.303. The summed E-state index contributed by atoms with van der Waals surface area (Å²) in [5, 5.41) is -3.13. The zero-order valence-electron chi connectivity index (χ0n) is 7.84. The second-order valence-corrected chi connectivity index (χ2v) is 10.2. The lowest BCUT2D eigenvalue weighted by Gasteiger charge is -2.09. The van der Waals surface area contributed by atoms with E-state index in [1.165, 1.54) is 0 Å². The second kappa shape index (κ2) is 4.76. The molecule has 0 saturated heterocycles. The van der Waals surface area contributed by atoms with Crippen molar-refractivity contribution in [2.24, 2.45) is 0 Å². The summed E-state index contributed by atoms with van der Waals surface area (Å²) in [6, 6.07) is 0. The van der Waals surface area contributed by atoms with Crippen molar-refractivity contribution in [3.05, 3.63) is 0 Å². The van der Waals surface area contributed by atoms with Crippen molar-refractivity contribution in [2.75, 3.05) is 10.8 Å². The molecule has 0 atom stereocenters. The maximum Gasteiger partial charge on any atom is 0.497 e. The van der Waals surface area contributed by atoms with Crippen LogP contribution in [0.3, 0.4) is 0 Å². The fraction of sp³-hybridized carbons (Fsp3) is 1.00. The molecule has 0 unspecified atom stereocenters. The van der Waals surface area contributed by atoms with E-state index in [1.807, 2.05) is 0 Å². The Labute approximate surface area is 94.7 Å². The van der Waals surface area contributed by atoms with Gasteiger partial charge in [0.05, 0.1) is 9.52 Å². The van der Waals surface area contributed by atoms with Gasteiger partial charge in [0.25, 0.3) is 0 Å². The smallest absolute Gasteiger partial charge is 0.220 e. The highest BCUT2D eigenvalue weighted by atomic mass is 32.2. The second-order valence-electron chi connectivity index (χ2n) is 2.88. The molecule has 0 aromatic carbocycles. The van der Waals surface area contributed by atoms with Crippen LogP contribution < -0.4 is 0 Å². The number of hydrogen-bond donors (Lipinski definition) is 0. The summed E-state index contributed by atoms with van der Waals surface area (Å²) in [6.45, 7) is 0. The van der Waals surface area contributed by atoms with E-state index in [0.29, 0.717) is 0 Å². The number of hydrogen-bond acceptors (Lipinski definition) is 4. The van der Waals surface area contributed by atoms with Gasteiger partial charge in [-0.25, -0.2) is 16.8 Å². The summed E-state index contributed by atoms with van der Waals surface area (Å²) in [6.07, 6.45) is 0. The van der Waals surface area contributed by atoms with Crippen LogP contribution in [0, 0.1) is 0 Å². The molecule has 0 aromatic heterocycles. The number of sulfone groups is 2. The van der Waals surface area contributed by atoms with Crippen molar-refractivity contribution in [1.29, 1.82) is 0 Å². The van der Waals surface area contributed by atoms with E-state index in [9.17, 15) is 43.2 Å². The molecule has 0 aliphatic rings. The van der Waals surface area contributed by atoms with Crippen molar-refractivity contribution in [3.8, 4) is 0 Å². The predicted octanol–water partition coefficient (Wildman–Crippen LogP) is -0.0606. The van der Waals surface area contributed by atoms with Gasteiger partial charge in [0.2, 0.25) is 19.7 Å². The molecule has 0 fully saturated rings. The lowest BCUT2D eigenvalue weighted by molar-refractivity contribution is -0.0435. The van der Waals surface area contributed by atoms with Crippen molar-refractivity contribution < 1.29 is 43.2 Å². The largest absolute Gasteiger partial charge is 0.497 e. The minimum Gasteiger partial charge on any atom is -0.220 e. The summed E-state index contributed by atoms with van der Waals surface area (Å²) in [5.41, 5.74) is -11.1. The van der Waals surface area contributed by atoms with Crippen molar-refractivity contribution in [2.45, 2.75) is 11.0 Å². The Bertz CT molecular complexity index is 415. The van der Waals surface area contributed by atoms with Gasteiger partial charge in [0.1, 0.15) is 0 Å². The van der Waals surface area contributed by atoms with E-state index in [4.69, 9.17) is 0 Å². The van der Waals surface area contributed by atoms with E-state index in [0.717, 1.165) is 0 Å². The van der Waals surface area contributed by atoms with Gasteiger partial charge in [0, 0.05) is 10.8 Å². The zero-order valence-corrected chi connectivity index (χ0v) is 10.9. The topological polar surface area (TPSA) is 68.3 Å². The van der Waals surface area contributed by atoms with Gasteiger partial charge >= 0.3 is 11.0 Å². The molecular weight excluding hydrogens is 318 g/mol. The summed E-state index contributed by atoms with van der Waals surface area (Å²) in [7, 11) is -13.6. The van der Waals surface area contributed by atoms with Crippen LogP contribution in [0.15, 0.2) is 0 Å². The molecule has 4 nitrogen and oxygen atoms in total. The van der Waals surface area contributed by atoms with Crippen LogP contribution in [0.2, 0.25) is 0 Å². The highest BCUT2D eigenvalue weighted by Gasteiger charge is 2.47. The molecule has 104 valence electrons. The summed E-state index contributed by atoms with van der Waals surface area (Å²) < 4.78 is 112. The fourth-order valence-electron chi connectivity index (χ4n) is 0.670. The Balaban J connectivity index is 4.58. The highest BCUT2D eigenvalue weighted by Crippen LogP contribution is 2.25. The summed E-state index contributed by atoms with van der Waals surface area (Å²) >= 11 is 0. The maximum absolute atomic E-state index is 11.7. The maximum atomic E-state index is 11.7. The number of halogens is 6. The Morgan fingerprint density at radius 3 is 1.12 bits per heavy atom. The molecule has 0 radical (unpaired) electrons. The van der Waals surface area contributed by atoms with E-state index >= 15 is 0 Å². The van der Waals surface area contributed by atoms with Crippen LogP contribution in [0.4, 0.5) is 26.3 Å². The quantitative estimate of drug-likeness (QED) is 0.537. The lowest BCUT2D eigenvalue weighted by atomic mass is 11.6. The van der Waals surface area contributed by atoms with Gasteiger partial charge in [0.15, 0.2) is 0 Å². The zero-order chi connectivity index (χ0) is 14.1. The van der Waals surface area contributed by atoms with E-state index in [1.54, 1.807) is 0 Å². The molecule has 17 heavy (non-hydrogen) atoms. The van der Waals surface area contributed by atoms with E-state index in [2.05, 4.69) is 0 Å². The first-order valence-corrected chi connectivity index (χ1v) is 9.09. The van der Waals surface area contributed by atoms with Crippen LogP contribution in [-0.4, -0.2) is 48.1 Å². The molecule has 0 spiro atoms. The monoisotopic (exact) mass is 324 g/mol. The van der Waals surface area contributed by atoms with Crippen molar-refractivity contribution in [3.63, 3.8) is 0 Å². The average molecular weight is 324 g/mol. The summed E-state index contributed by atoms with van der Waals surface area (Å²) in [4.78, 5) is 0. The van der Waals surface area contributed by atoms with Crippen LogP contribution in [-0.2, 0) is 19.7 Å². The minimum absolute atomic E-state index is 1.56. The molecule has 0 amide bonds. The van der Waals surface area contributed by atoms with Gasteiger partial charge in [-0.05, 0) is 0 Å². The van der Waals surface area contributed by atoms with Gasteiger partial charge in [-0.15, -0.1) is 0 Å². The fourth-order valence-corrected chi connectivity index (χ4v) is 7.09. The molecule has 0 heterocycles. The third-order valence-corrected chi connectivity index (χ3v) is 9.55. The molecular formula is C4H6F6O4S2Si. The van der Waals surface area contributed by atoms with E-state index < -0.39 is 51.0 Å². The minimum atomic E-state index is -5.57. The van der Waals surface area contributed by atoms with Crippen molar-refractivity contribution in [1.82, 2.24) is 0 Å². The van der Waals surface area contributed by atoms with Crippen LogP contribution in [0.5, 0.6) is 0 Å². The number of rotatable bonds is 4. The van der Waals surface area contributed by atoms with Crippen molar-refractivity contribution >= 4 is 29.2 Å². The Morgan fingerprint density at radius 2 is 0.941 bits per heavy atom. The molecule has 0 saturated carbocycles. The first kappa shape index (κ1) is 16.7. The van der Waals surface area contributed by atoms with Crippen LogP contribution in [0.25, 0.3) is 0 Å². The average Bonchev–Trinajstić information content (AvgIpc) is 1.98. The van der Waals surface area contributed by atoms with Gasteiger partial charge in [-0.1, -0.05) is 0 Å². The molecule has 0 bridgehead atoms. The third kappa shape index (κ3) is 4.46. The van der Waals surface area contributed by atoms with Crippen LogP contribution >= 0.6 is 0 Å². The first-order valence-electron chi connectivity index (χ1n) is 3.79. The molecule has 13 heteroatoms. The number of alkyl halides is 6. The predicted molar refractivity (Wildman–Crippen MR) is 48.2 cm³/mol. The van der Waals surface area contributed by atoms with Gasteiger partial charge in [-0.2, -0.15) is 26.3 Å². The molecule has 0 aliphatic carbocycles. The van der Waals surface area contributed by atoms with Gasteiger partial charge < -0.3 is 0 Å². The molecule has 0 aromatic rings. The third-order valence-electron chi connectivity index (χ3n) is 1.53. The van der Waals surface area contributed by atoms with Gasteiger partial charge in [-0.3, -0.25) is 0 Å². The molecule has 0 rings (SSSR count). The van der Waals surface area contributed by atoms with Crippen LogP contribution in [0.1, 0.15) is 0 Å². The summed E-state index contributed by atoms with van der Waals surface area (Å²) in [5.74, 6) is 0. The normalized spacial score (nSPS) is 14.9. The molecule has 0 aliphatic heterocycles. The highest BCUT2D eigenvalue weighted by molar-refractivity contribution is 7.95. The first-order chi connectivity index (χ1) is 7.21. The Kier molecular flexibility index (Phi) is 4.67. The standard InChI is InChI=1S/C4H6F6O4S2Si/c5-3(6,7)15(11,12)1-17-2-16(13,14)4(8,9)10/h1-2,17H2. The SMILES string of the molecule is O=S(=O)(C[SiH2]CS(=O)(=O)C(F)(F)F)C(F)(F)F. The molecule has 0 N–H and O–H groups in total.